The molecule has 0 aliphatic carbocycles. The first-order valence-corrected chi connectivity index (χ1v) is 6.16. The van der Waals surface area contributed by atoms with Crippen LogP contribution in [-0.2, 0) is 9.53 Å². The average molecular weight is 299 g/mol. The second-order valence-electron chi connectivity index (χ2n) is 3.00. The van der Waals surface area contributed by atoms with E-state index in [2.05, 4.69) is 34.8 Å². The molecule has 0 heterocycles. The molecule has 0 saturated carbocycles. The van der Waals surface area contributed by atoms with Crippen molar-refractivity contribution < 1.29 is 9.53 Å². The third-order valence-electron chi connectivity index (χ3n) is 1.57. The molecule has 0 aliphatic rings. The SMILES string of the molecule is CCCOCCC(C)NC(=O)CI. The van der Waals surface area contributed by atoms with Gasteiger partial charge in [0.05, 0.1) is 4.43 Å². The van der Waals surface area contributed by atoms with Gasteiger partial charge < -0.3 is 10.1 Å². The fourth-order valence-electron chi connectivity index (χ4n) is 0.892. The summed E-state index contributed by atoms with van der Waals surface area (Å²) in [5.74, 6) is 0.101. The Balaban J connectivity index is 3.29. The fraction of sp³-hybridized carbons (Fsp3) is 0.889. The standard InChI is InChI=1S/C9H18INO2/c1-3-5-13-6-4-8(2)11-9(12)7-10/h8H,3-7H2,1-2H3,(H,11,12). The molecule has 1 unspecified atom stereocenters. The Morgan fingerprint density at radius 2 is 2.23 bits per heavy atom. The number of carbonyl (C=O) groups is 1. The van der Waals surface area contributed by atoms with Crippen LogP contribution >= 0.6 is 22.6 Å². The lowest BCUT2D eigenvalue weighted by atomic mass is 10.2. The molecule has 0 radical (unpaired) electrons. The highest BCUT2D eigenvalue weighted by Gasteiger charge is 2.04. The van der Waals surface area contributed by atoms with Gasteiger partial charge in [-0.1, -0.05) is 29.5 Å². The Morgan fingerprint density at radius 1 is 1.54 bits per heavy atom. The highest BCUT2D eigenvalue weighted by Crippen LogP contribution is 1.93. The summed E-state index contributed by atoms with van der Waals surface area (Å²) in [5.41, 5.74) is 0. The van der Waals surface area contributed by atoms with Crippen molar-refractivity contribution in [3.05, 3.63) is 0 Å². The fourth-order valence-corrected chi connectivity index (χ4v) is 1.11. The smallest absolute Gasteiger partial charge is 0.230 e. The molecule has 0 fully saturated rings. The second-order valence-corrected chi connectivity index (χ2v) is 3.77. The van der Waals surface area contributed by atoms with Crippen molar-refractivity contribution in [1.29, 1.82) is 0 Å². The Hall–Kier alpha value is 0.160. The Morgan fingerprint density at radius 3 is 2.77 bits per heavy atom. The maximum atomic E-state index is 11.0. The molecule has 3 nitrogen and oxygen atoms in total. The van der Waals surface area contributed by atoms with Crippen molar-refractivity contribution >= 4 is 28.5 Å². The van der Waals surface area contributed by atoms with Crippen LogP contribution in [0.4, 0.5) is 0 Å². The van der Waals surface area contributed by atoms with Crippen LogP contribution in [0.3, 0.4) is 0 Å². The number of alkyl halides is 1. The third kappa shape index (κ3) is 8.49. The van der Waals surface area contributed by atoms with Crippen LogP contribution in [0.5, 0.6) is 0 Å². The van der Waals surface area contributed by atoms with E-state index in [0.29, 0.717) is 4.43 Å². The Labute approximate surface area is 93.7 Å². The van der Waals surface area contributed by atoms with E-state index in [1.54, 1.807) is 0 Å². The molecule has 1 amide bonds. The van der Waals surface area contributed by atoms with Gasteiger partial charge in [-0.2, -0.15) is 0 Å². The van der Waals surface area contributed by atoms with Crippen molar-refractivity contribution in [1.82, 2.24) is 5.32 Å². The third-order valence-corrected chi connectivity index (χ3v) is 2.27. The lowest BCUT2D eigenvalue weighted by Crippen LogP contribution is -2.34. The summed E-state index contributed by atoms with van der Waals surface area (Å²) < 4.78 is 5.84. The molecule has 0 aromatic rings. The normalized spacial score (nSPS) is 12.5. The summed E-state index contributed by atoms with van der Waals surface area (Å²) in [6, 6.07) is 0.221. The maximum absolute atomic E-state index is 11.0. The summed E-state index contributed by atoms with van der Waals surface area (Å²) >= 11 is 2.05. The first-order chi connectivity index (χ1) is 6.20. The summed E-state index contributed by atoms with van der Waals surface area (Å²) in [6.07, 6.45) is 1.94. The van der Waals surface area contributed by atoms with Gasteiger partial charge >= 0.3 is 0 Å². The molecular formula is C9H18INO2. The lowest BCUT2D eigenvalue weighted by Gasteiger charge is -2.12. The van der Waals surface area contributed by atoms with E-state index in [4.69, 9.17) is 4.74 Å². The Bertz CT molecular complexity index is 142. The van der Waals surface area contributed by atoms with Gasteiger partial charge in [0.25, 0.3) is 0 Å². The highest BCUT2D eigenvalue weighted by molar-refractivity contribution is 14.1. The molecule has 4 heteroatoms. The molecule has 78 valence electrons. The van der Waals surface area contributed by atoms with Crippen LogP contribution < -0.4 is 5.32 Å². The van der Waals surface area contributed by atoms with E-state index in [1.165, 1.54) is 0 Å². The van der Waals surface area contributed by atoms with Crippen LogP contribution in [0.2, 0.25) is 0 Å². The molecule has 0 aliphatic heterocycles. The number of hydrogen-bond donors (Lipinski definition) is 1. The zero-order valence-corrected chi connectivity index (χ0v) is 10.5. The summed E-state index contributed by atoms with van der Waals surface area (Å²) in [4.78, 5) is 11.0. The lowest BCUT2D eigenvalue weighted by molar-refractivity contribution is -0.119. The number of nitrogens with one attached hydrogen (secondary N) is 1. The zero-order chi connectivity index (χ0) is 10.1. The van der Waals surface area contributed by atoms with Crippen LogP contribution in [0, 0.1) is 0 Å². The molecule has 1 atom stereocenters. The van der Waals surface area contributed by atoms with E-state index in [0.717, 1.165) is 26.1 Å². The minimum atomic E-state index is 0.101. The summed E-state index contributed by atoms with van der Waals surface area (Å²) in [7, 11) is 0. The van der Waals surface area contributed by atoms with Crippen molar-refractivity contribution in [3.8, 4) is 0 Å². The van der Waals surface area contributed by atoms with Gasteiger partial charge in [0, 0.05) is 19.3 Å². The van der Waals surface area contributed by atoms with Gasteiger partial charge in [-0.15, -0.1) is 0 Å². The monoisotopic (exact) mass is 299 g/mol. The first-order valence-electron chi connectivity index (χ1n) is 4.63. The molecule has 0 spiro atoms. The molecule has 0 rings (SSSR count). The van der Waals surface area contributed by atoms with E-state index in [9.17, 15) is 4.79 Å². The van der Waals surface area contributed by atoms with Crippen LogP contribution in [0.25, 0.3) is 0 Å². The summed E-state index contributed by atoms with van der Waals surface area (Å²) in [6.45, 7) is 5.63. The average Bonchev–Trinajstić information content (AvgIpc) is 2.12. The van der Waals surface area contributed by atoms with E-state index >= 15 is 0 Å². The molecule has 0 bridgehead atoms. The summed E-state index contributed by atoms with van der Waals surface area (Å²) in [5, 5.41) is 2.88. The quantitative estimate of drug-likeness (QED) is 0.442. The number of halogens is 1. The van der Waals surface area contributed by atoms with Crippen molar-refractivity contribution in [3.63, 3.8) is 0 Å². The molecule has 0 aromatic carbocycles. The van der Waals surface area contributed by atoms with Gasteiger partial charge in [-0.25, -0.2) is 0 Å². The minimum absolute atomic E-state index is 0.101. The van der Waals surface area contributed by atoms with Crippen molar-refractivity contribution in [2.45, 2.75) is 32.7 Å². The molecule has 0 saturated heterocycles. The van der Waals surface area contributed by atoms with Crippen LogP contribution in [0.1, 0.15) is 26.7 Å². The number of carbonyl (C=O) groups excluding carboxylic acids is 1. The number of ether oxygens (including phenoxy) is 1. The van der Waals surface area contributed by atoms with Gasteiger partial charge in [-0.05, 0) is 19.8 Å². The predicted molar refractivity (Wildman–Crippen MR) is 62.2 cm³/mol. The maximum Gasteiger partial charge on any atom is 0.230 e. The van der Waals surface area contributed by atoms with E-state index < -0.39 is 0 Å². The van der Waals surface area contributed by atoms with Gasteiger partial charge in [0.1, 0.15) is 0 Å². The van der Waals surface area contributed by atoms with E-state index in [1.807, 2.05) is 6.92 Å². The Kier molecular flexibility index (Phi) is 8.85. The molecular weight excluding hydrogens is 281 g/mol. The van der Waals surface area contributed by atoms with Gasteiger partial charge in [0.2, 0.25) is 5.91 Å². The van der Waals surface area contributed by atoms with Gasteiger partial charge in [0.15, 0.2) is 0 Å². The predicted octanol–water partition coefficient (Wildman–Crippen LogP) is 1.74. The topological polar surface area (TPSA) is 38.3 Å². The first kappa shape index (κ1) is 13.2. The van der Waals surface area contributed by atoms with Gasteiger partial charge in [-0.3, -0.25) is 4.79 Å². The molecule has 1 N–H and O–H groups in total. The number of rotatable bonds is 7. The van der Waals surface area contributed by atoms with Crippen molar-refractivity contribution in [2.75, 3.05) is 17.6 Å². The zero-order valence-electron chi connectivity index (χ0n) is 8.31. The number of amides is 1. The number of hydrogen-bond acceptors (Lipinski definition) is 2. The van der Waals surface area contributed by atoms with Crippen LogP contribution in [-0.4, -0.2) is 29.6 Å². The largest absolute Gasteiger partial charge is 0.381 e. The second kappa shape index (κ2) is 8.74. The van der Waals surface area contributed by atoms with E-state index in [-0.39, 0.29) is 11.9 Å². The highest BCUT2D eigenvalue weighted by atomic mass is 127. The molecule has 13 heavy (non-hydrogen) atoms. The molecule has 0 aromatic heterocycles. The van der Waals surface area contributed by atoms with Crippen LogP contribution in [0.15, 0.2) is 0 Å². The van der Waals surface area contributed by atoms with Crippen molar-refractivity contribution in [2.24, 2.45) is 0 Å². The minimum Gasteiger partial charge on any atom is -0.381 e.